The Bertz CT molecular complexity index is 589. The molecular formula is C15H18FN3. The van der Waals surface area contributed by atoms with Gasteiger partial charge in [-0.2, -0.15) is 0 Å². The Morgan fingerprint density at radius 1 is 1.32 bits per heavy atom. The monoisotopic (exact) mass is 259 g/mol. The molecule has 0 saturated carbocycles. The van der Waals surface area contributed by atoms with Gasteiger partial charge in [-0.05, 0) is 44.4 Å². The largest absolute Gasteiger partial charge is 0.316 e. The zero-order chi connectivity index (χ0) is 13.2. The molecule has 0 spiro atoms. The van der Waals surface area contributed by atoms with Crippen LogP contribution in [0.25, 0.3) is 5.69 Å². The number of rotatable bonds is 3. The van der Waals surface area contributed by atoms with Crippen molar-refractivity contribution in [3.63, 3.8) is 0 Å². The molecule has 0 aliphatic heterocycles. The van der Waals surface area contributed by atoms with Crippen LogP contribution in [0.3, 0.4) is 0 Å². The highest BCUT2D eigenvalue weighted by molar-refractivity contribution is 5.45. The molecule has 0 saturated heterocycles. The normalized spacial score (nSPS) is 14.4. The van der Waals surface area contributed by atoms with Crippen LogP contribution in [0.2, 0.25) is 0 Å². The van der Waals surface area contributed by atoms with E-state index in [2.05, 4.69) is 10.3 Å². The van der Waals surface area contributed by atoms with Crippen molar-refractivity contribution in [1.82, 2.24) is 14.9 Å². The lowest BCUT2D eigenvalue weighted by Crippen LogP contribution is -2.13. The Labute approximate surface area is 112 Å². The molecule has 1 aromatic heterocycles. The second-order valence-corrected chi connectivity index (χ2v) is 4.99. The third-order valence-electron chi connectivity index (χ3n) is 3.71. The van der Waals surface area contributed by atoms with Gasteiger partial charge in [0.05, 0.1) is 17.7 Å². The highest BCUT2D eigenvalue weighted by Gasteiger charge is 2.19. The summed E-state index contributed by atoms with van der Waals surface area (Å²) in [7, 11) is 1.87. The van der Waals surface area contributed by atoms with Gasteiger partial charge in [0, 0.05) is 12.2 Å². The molecule has 1 aromatic carbocycles. The Morgan fingerprint density at radius 3 is 3.00 bits per heavy atom. The van der Waals surface area contributed by atoms with Crippen molar-refractivity contribution in [3.8, 4) is 5.69 Å². The molecule has 2 aromatic rings. The number of hydrogen-bond acceptors (Lipinski definition) is 2. The minimum Gasteiger partial charge on any atom is -0.316 e. The standard InChI is InChI=1S/C15H18FN3/c1-17-9-11-5-4-6-12(16)15(11)19-10-18-13-7-2-3-8-14(13)19/h4-6,10,17H,2-3,7-9H2,1H3. The topological polar surface area (TPSA) is 29.9 Å². The van der Waals surface area contributed by atoms with Crippen LogP contribution in [-0.4, -0.2) is 16.6 Å². The molecule has 0 radical (unpaired) electrons. The van der Waals surface area contributed by atoms with Crippen molar-refractivity contribution in [2.24, 2.45) is 0 Å². The van der Waals surface area contributed by atoms with Crippen molar-refractivity contribution >= 4 is 0 Å². The Kier molecular flexibility index (Phi) is 3.34. The van der Waals surface area contributed by atoms with Gasteiger partial charge < -0.3 is 5.32 Å². The fourth-order valence-electron chi connectivity index (χ4n) is 2.82. The van der Waals surface area contributed by atoms with E-state index in [-0.39, 0.29) is 5.82 Å². The van der Waals surface area contributed by atoms with Crippen LogP contribution in [-0.2, 0) is 19.4 Å². The van der Waals surface area contributed by atoms with E-state index in [1.165, 1.54) is 18.2 Å². The first-order chi connectivity index (χ1) is 9.31. The van der Waals surface area contributed by atoms with Crippen LogP contribution in [0.15, 0.2) is 24.5 Å². The summed E-state index contributed by atoms with van der Waals surface area (Å²) < 4.78 is 16.2. The van der Waals surface area contributed by atoms with Gasteiger partial charge in [0.25, 0.3) is 0 Å². The number of para-hydroxylation sites is 1. The molecule has 3 rings (SSSR count). The van der Waals surface area contributed by atoms with Crippen LogP contribution in [0.4, 0.5) is 4.39 Å². The molecular weight excluding hydrogens is 241 g/mol. The van der Waals surface area contributed by atoms with Gasteiger partial charge >= 0.3 is 0 Å². The quantitative estimate of drug-likeness (QED) is 0.918. The van der Waals surface area contributed by atoms with E-state index < -0.39 is 0 Å². The third kappa shape index (κ3) is 2.16. The summed E-state index contributed by atoms with van der Waals surface area (Å²) in [5.41, 5.74) is 3.92. The minimum absolute atomic E-state index is 0.182. The summed E-state index contributed by atoms with van der Waals surface area (Å²) in [6.07, 6.45) is 6.12. The van der Waals surface area contributed by atoms with Gasteiger partial charge in [-0.15, -0.1) is 0 Å². The predicted molar refractivity (Wildman–Crippen MR) is 72.9 cm³/mol. The Balaban J connectivity index is 2.13. The highest BCUT2D eigenvalue weighted by Crippen LogP contribution is 2.26. The number of hydrogen-bond donors (Lipinski definition) is 1. The third-order valence-corrected chi connectivity index (χ3v) is 3.71. The number of benzene rings is 1. The molecule has 1 N–H and O–H groups in total. The fraction of sp³-hybridized carbons (Fsp3) is 0.400. The van der Waals surface area contributed by atoms with E-state index in [9.17, 15) is 4.39 Å². The van der Waals surface area contributed by atoms with Gasteiger partial charge in [0.1, 0.15) is 5.82 Å². The van der Waals surface area contributed by atoms with Crippen LogP contribution in [0.5, 0.6) is 0 Å². The molecule has 1 aliphatic rings. The minimum atomic E-state index is -0.182. The van der Waals surface area contributed by atoms with Gasteiger partial charge in [-0.3, -0.25) is 4.57 Å². The number of imidazole rings is 1. The first-order valence-corrected chi connectivity index (χ1v) is 6.78. The number of fused-ring (bicyclic) bond motifs is 1. The van der Waals surface area contributed by atoms with E-state index in [4.69, 9.17) is 0 Å². The van der Waals surface area contributed by atoms with Crippen LogP contribution >= 0.6 is 0 Å². The Morgan fingerprint density at radius 2 is 2.16 bits per heavy atom. The Hall–Kier alpha value is -1.68. The number of aromatic nitrogens is 2. The molecule has 0 unspecified atom stereocenters. The van der Waals surface area contributed by atoms with Crippen molar-refractivity contribution in [2.45, 2.75) is 32.2 Å². The van der Waals surface area contributed by atoms with Gasteiger partial charge in [0.2, 0.25) is 0 Å². The van der Waals surface area contributed by atoms with Crippen LogP contribution < -0.4 is 5.32 Å². The lowest BCUT2D eigenvalue weighted by molar-refractivity contribution is 0.603. The molecule has 3 nitrogen and oxygen atoms in total. The van der Waals surface area contributed by atoms with E-state index in [1.807, 2.05) is 17.7 Å². The zero-order valence-corrected chi connectivity index (χ0v) is 11.1. The molecule has 0 amide bonds. The number of nitrogens with zero attached hydrogens (tertiary/aromatic N) is 2. The summed E-state index contributed by atoms with van der Waals surface area (Å²) >= 11 is 0. The maximum absolute atomic E-state index is 14.2. The fourth-order valence-corrected chi connectivity index (χ4v) is 2.82. The second-order valence-electron chi connectivity index (χ2n) is 4.99. The van der Waals surface area contributed by atoms with Crippen molar-refractivity contribution < 1.29 is 4.39 Å². The van der Waals surface area contributed by atoms with E-state index in [1.54, 1.807) is 12.4 Å². The van der Waals surface area contributed by atoms with E-state index >= 15 is 0 Å². The molecule has 0 fully saturated rings. The summed E-state index contributed by atoms with van der Waals surface area (Å²) in [6, 6.07) is 5.24. The van der Waals surface area contributed by atoms with Crippen LogP contribution in [0.1, 0.15) is 29.8 Å². The molecule has 1 heterocycles. The van der Waals surface area contributed by atoms with Crippen molar-refractivity contribution in [1.29, 1.82) is 0 Å². The zero-order valence-electron chi connectivity index (χ0n) is 11.1. The number of halogens is 1. The summed E-state index contributed by atoms with van der Waals surface area (Å²) in [4.78, 5) is 4.45. The summed E-state index contributed by atoms with van der Waals surface area (Å²) in [5, 5.41) is 3.09. The lowest BCUT2D eigenvalue weighted by Gasteiger charge is -2.17. The van der Waals surface area contributed by atoms with Crippen LogP contribution in [0, 0.1) is 5.82 Å². The number of nitrogens with one attached hydrogen (secondary N) is 1. The highest BCUT2D eigenvalue weighted by atomic mass is 19.1. The maximum atomic E-state index is 14.2. The van der Waals surface area contributed by atoms with Crippen molar-refractivity contribution in [2.75, 3.05) is 7.05 Å². The molecule has 100 valence electrons. The molecule has 19 heavy (non-hydrogen) atoms. The molecule has 0 atom stereocenters. The smallest absolute Gasteiger partial charge is 0.147 e. The van der Waals surface area contributed by atoms with E-state index in [0.29, 0.717) is 12.2 Å². The summed E-state index contributed by atoms with van der Waals surface area (Å²) in [5.74, 6) is -0.182. The second kappa shape index (κ2) is 5.13. The molecule has 1 aliphatic carbocycles. The maximum Gasteiger partial charge on any atom is 0.147 e. The first-order valence-electron chi connectivity index (χ1n) is 6.78. The first kappa shape index (κ1) is 12.4. The number of aryl methyl sites for hydroxylation is 1. The average Bonchev–Trinajstić information content (AvgIpc) is 2.83. The van der Waals surface area contributed by atoms with Gasteiger partial charge in [-0.25, -0.2) is 9.37 Å². The SMILES string of the molecule is CNCc1cccc(F)c1-n1cnc2c1CCCC2. The average molecular weight is 259 g/mol. The lowest BCUT2D eigenvalue weighted by atomic mass is 10.0. The summed E-state index contributed by atoms with van der Waals surface area (Å²) in [6.45, 7) is 0.653. The van der Waals surface area contributed by atoms with Gasteiger partial charge in [-0.1, -0.05) is 12.1 Å². The van der Waals surface area contributed by atoms with Crippen molar-refractivity contribution in [3.05, 3.63) is 47.3 Å². The molecule has 0 bridgehead atoms. The predicted octanol–water partition coefficient (Wildman–Crippen LogP) is 2.61. The molecule has 4 heteroatoms. The van der Waals surface area contributed by atoms with E-state index in [0.717, 1.165) is 30.5 Å². The van der Waals surface area contributed by atoms with Gasteiger partial charge in [0.15, 0.2) is 0 Å².